The minimum Gasteiger partial charge on any atom is -0.467 e. The number of aryl methyl sites for hydroxylation is 1. The summed E-state index contributed by atoms with van der Waals surface area (Å²) in [4.78, 5) is 15.2. The molecule has 0 bridgehead atoms. The van der Waals surface area contributed by atoms with Gasteiger partial charge in [-0.25, -0.2) is 0 Å². The molecule has 1 amide bonds. The molecular formula is C21H31N3O2. The minimum absolute atomic E-state index is 0.0225. The number of amides is 1. The first-order chi connectivity index (χ1) is 12.5. The van der Waals surface area contributed by atoms with Gasteiger partial charge in [0.05, 0.1) is 18.4 Å². The van der Waals surface area contributed by atoms with E-state index in [1.54, 1.807) is 6.26 Å². The summed E-state index contributed by atoms with van der Waals surface area (Å²) in [6.45, 7) is 11.1. The highest BCUT2D eigenvalue weighted by molar-refractivity contribution is 5.95. The molecule has 0 aliphatic carbocycles. The molecule has 0 aromatic carbocycles. The number of hydrogen-bond donors (Lipinski definition) is 1. The van der Waals surface area contributed by atoms with Crippen LogP contribution >= 0.6 is 0 Å². The van der Waals surface area contributed by atoms with E-state index in [4.69, 9.17) is 4.42 Å². The lowest BCUT2D eigenvalue weighted by molar-refractivity contribution is 0.0942. The van der Waals surface area contributed by atoms with Crippen molar-refractivity contribution < 1.29 is 9.21 Å². The maximum Gasteiger partial charge on any atom is 0.253 e. The third-order valence-electron chi connectivity index (χ3n) is 5.34. The second-order valence-electron chi connectivity index (χ2n) is 7.63. The zero-order chi connectivity index (χ0) is 18.5. The summed E-state index contributed by atoms with van der Waals surface area (Å²) in [6, 6.07) is 5.82. The molecule has 2 aromatic heterocycles. The molecule has 0 saturated carbocycles. The van der Waals surface area contributed by atoms with E-state index in [1.165, 1.54) is 32.4 Å². The van der Waals surface area contributed by atoms with Gasteiger partial charge in [-0.2, -0.15) is 0 Å². The first-order valence-electron chi connectivity index (χ1n) is 9.74. The molecule has 1 aliphatic heterocycles. The lowest BCUT2D eigenvalue weighted by atomic mass is 10.1. The molecule has 1 saturated heterocycles. The van der Waals surface area contributed by atoms with Crippen molar-refractivity contribution in [2.75, 3.05) is 26.2 Å². The van der Waals surface area contributed by atoms with Crippen LogP contribution in [0, 0.1) is 19.8 Å². The van der Waals surface area contributed by atoms with Crippen molar-refractivity contribution in [1.29, 1.82) is 0 Å². The van der Waals surface area contributed by atoms with Crippen LogP contribution in [0.15, 0.2) is 28.9 Å². The molecule has 2 aromatic rings. The van der Waals surface area contributed by atoms with Crippen molar-refractivity contribution in [3.63, 3.8) is 0 Å². The first kappa shape index (κ1) is 18.8. The average Bonchev–Trinajstić information content (AvgIpc) is 3.24. The van der Waals surface area contributed by atoms with Gasteiger partial charge in [-0.15, -0.1) is 0 Å². The van der Waals surface area contributed by atoms with E-state index < -0.39 is 0 Å². The Morgan fingerprint density at radius 3 is 2.73 bits per heavy atom. The highest BCUT2D eigenvalue weighted by Crippen LogP contribution is 2.18. The standard InChI is InChI=1S/C21H31N3O2/c1-16(14-23-9-5-4-6-10-23)13-22-21(25)20-12-17(2)24(18(20)3)15-19-8-7-11-26-19/h7-8,11-12,16H,4-6,9-10,13-15H2,1-3H3,(H,22,25). The molecule has 142 valence electrons. The molecule has 0 radical (unpaired) electrons. The smallest absolute Gasteiger partial charge is 0.253 e. The lowest BCUT2D eigenvalue weighted by Crippen LogP contribution is -2.38. The highest BCUT2D eigenvalue weighted by atomic mass is 16.3. The van der Waals surface area contributed by atoms with E-state index in [0.717, 1.165) is 35.8 Å². The zero-order valence-corrected chi connectivity index (χ0v) is 16.3. The Morgan fingerprint density at radius 1 is 1.27 bits per heavy atom. The van der Waals surface area contributed by atoms with Gasteiger partial charge in [-0.1, -0.05) is 13.3 Å². The van der Waals surface area contributed by atoms with E-state index in [1.807, 2.05) is 32.0 Å². The molecule has 3 heterocycles. The first-order valence-corrected chi connectivity index (χ1v) is 9.74. The fourth-order valence-electron chi connectivity index (χ4n) is 3.84. The number of furan rings is 1. The second kappa shape index (κ2) is 8.58. The van der Waals surface area contributed by atoms with Crippen LogP contribution < -0.4 is 5.32 Å². The number of hydrogen-bond acceptors (Lipinski definition) is 3. The maximum atomic E-state index is 12.7. The van der Waals surface area contributed by atoms with Crippen LogP contribution in [0.4, 0.5) is 0 Å². The molecule has 1 atom stereocenters. The molecule has 1 N–H and O–H groups in total. The molecule has 1 unspecified atom stereocenters. The molecule has 3 rings (SSSR count). The Kier molecular flexibility index (Phi) is 6.20. The quantitative estimate of drug-likeness (QED) is 0.824. The van der Waals surface area contributed by atoms with Gasteiger partial charge < -0.3 is 19.2 Å². The van der Waals surface area contributed by atoms with Crippen LogP contribution in [-0.2, 0) is 6.54 Å². The number of carbonyl (C=O) groups is 1. The summed E-state index contributed by atoms with van der Waals surface area (Å²) in [7, 11) is 0. The van der Waals surface area contributed by atoms with Crippen LogP contribution in [0.25, 0.3) is 0 Å². The predicted octanol–water partition coefficient (Wildman–Crippen LogP) is 3.60. The van der Waals surface area contributed by atoms with Crippen molar-refractivity contribution in [2.24, 2.45) is 5.92 Å². The van der Waals surface area contributed by atoms with Crippen LogP contribution in [0.2, 0.25) is 0 Å². The largest absolute Gasteiger partial charge is 0.467 e. The van der Waals surface area contributed by atoms with Crippen molar-refractivity contribution in [3.8, 4) is 0 Å². The van der Waals surface area contributed by atoms with Gasteiger partial charge in [0.25, 0.3) is 5.91 Å². The van der Waals surface area contributed by atoms with Crippen LogP contribution in [0.3, 0.4) is 0 Å². The van der Waals surface area contributed by atoms with Crippen molar-refractivity contribution in [2.45, 2.75) is 46.6 Å². The maximum absolute atomic E-state index is 12.7. The topological polar surface area (TPSA) is 50.4 Å². The van der Waals surface area contributed by atoms with Gasteiger partial charge in [-0.3, -0.25) is 4.79 Å². The fourth-order valence-corrected chi connectivity index (χ4v) is 3.84. The lowest BCUT2D eigenvalue weighted by Gasteiger charge is -2.29. The molecule has 1 aliphatic rings. The Balaban J connectivity index is 1.55. The van der Waals surface area contributed by atoms with Crippen LogP contribution in [0.5, 0.6) is 0 Å². The summed E-state index contributed by atoms with van der Waals surface area (Å²) >= 11 is 0. The van der Waals surface area contributed by atoms with Gasteiger partial charge >= 0.3 is 0 Å². The Hall–Kier alpha value is -2.01. The van der Waals surface area contributed by atoms with E-state index >= 15 is 0 Å². The van der Waals surface area contributed by atoms with Crippen molar-refractivity contribution in [1.82, 2.24) is 14.8 Å². The third-order valence-corrected chi connectivity index (χ3v) is 5.34. The molecule has 0 spiro atoms. The molecule has 26 heavy (non-hydrogen) atoms. The van der Waals surface area contributed by atoms with Crippen LogP contribution in [0.1, 0.15) is 53.7 Å². The number of nitrogens with one attached hydrogen (secondary N) is 1. The minimum atomic E-state index is 0.0225. The van der Waals surface area contributed by atoms with E-state index in [0.29, 0.717) is 12.5 Å². The van der Waals surface area contributed by atoms with Crippen molar-refractivity contribution >= 4 is 5.91 Å². The van der Waals surface area contributed by atoms with E-state index in [-0.39, 0.29) is 5.91 Å². The summed E-state index contributed by atoms with van der Waals surface area (Å²) in [5.41, 5.74) is 2.82. The molecule has 1 fully saturated rings. The predicted molar refractivity (Wildman–Crippen MR) is 104 cm³/mol. The number of likely N-dealkylation sites (tertiary alicyclic amines) is 1. The molecular weight excluding hydrogens is 326 g/mol. The van der Waals surface area contributed by atoms with Crippen LogP contribution in [-0.4, -0.2) is 41.6 Å². The molecule has 5 nitrogen and oxygen atoms in total. The summed E-state index contributed by atoms with van der Waals surface area (Å²) in [6.07, 6.45) is 5.65. The third kappa shape index (κ3) is 4.58. The SMILES string of the molecule is Cc1cc(C(=O)NCC(C)CN2CCCCC2)c(C)n1Cc1ccco1. The summed E-state index contributed by atoms with van der Waals surface area (Å²) in [5.74, 6) is 1.38. The fraction of sp³-hybridized carbons (Fsp3) is 0.571. The van der Waals surface area contributed by atoms with Gasteiger partial charge in [0, 0.05) is 24.5 Å². The van der Waals surface area contributed by atoms with Crippen molar-refractivity contribution in [3.05, 3.63) is 47.2 Å². The summed E-state index contributed by atoms with van der Waals surface area (Å²) in [5, 5.41) is 3.13. The van der Waals surface area contributed by atoms with Gasteiger partial charge in [0.15, 0.2) is 0 Å². The number of rotatable bonds is 7. The van der Waals surface area contributed by atoms with E-state index in [2.05, 4.69) is 21.7 Å². The van der Waals surface area contributed by atoms with E-state index in [9.17, 15) is 4.79 Å². The molecule has 5 heteroatoms. The Bertz CT molecular complexity index is 712. The normalized spacial score (nSPS) is 16.6. The Morgan fingerprint density at radius 2 is 2.04 bits per heavy atom. The number of nitrogens with zero attached hydrogens (tertiary/aromatic N) is 2. The second-order valence-corrected chi connectivity index (χ2v) is 7.63. The Labute approximate surface area is 156 Å². The number of piperidine rings is 1. The average molecular weight is 357 g/mol. The van der Waals surface area contributed by atoms with Gasteiger partial charge in [-0.05, 0) is 63.9 Å². The number of aromatic nitrogens is 1. The highest BCUT2D eigenvalue weighted by Gasteiger charge is 2.18. The number of carbonyl (C=O) groups excluding carboxylic acids is 1. The zero-order valence-electron chi connectivity index (χ0n) is 16.3. The summed E-state index contributed by atoms with van der Waals surface area (Å²) < 4.78 is 7.57. The van der Waals surface area contributed by atoms with Gasteiger partial charge in [0.1, 0.15) is 5.76 Å². The van der Waals surface area contributed by atoms with Gasteiger partial charge in [0.2, 0.25) is 0 Å². The monoisotopic (exact) mass is 357 g/mol.